The van der Waals surface area contributed by atoms with Crippen LogP contribution in [0.2, 0.25) is 0 Å². The molecule has 1 saturated heterocycles. The van der Waals surface area contributed by atoms with Crippen LogP contribution in [-0.4, -0.2) is 36.0 Å². The van der Waals surface area contributed by atoms with Crippen molar-refractivity contribution in [1.82, 2.24) is 10.2 Å². The van der Waals surface area contributed by atoms with Crippen molar-refractivity contribution in [3.8, 4) is 0 Å². The molecule has 3 amide bonds. The lowest BCUT2D eigenvalue weighted by atomic mass is 9.80. The number of anilines is 1. The number of nitrogens with one attached hydrogen (secondary N) is 2. The number of aryl methyl sites for hydroxylation is 1. The summed E-state index contributed by atoms with van der Waals surface area (Å²) in [6, 6.07) is 33.5. The summed E-state index contributed by atoms with van der Waals surface area (Å²) in [6.45, 7) is 2.29. The minimum Gasteiger partial charge on any atom is -0.469 e. The molecule has 1 aliphatic heterocycles. The van der Waals surface area contributed by atoms with Gasteiger partial charge in [0.2, 0.25) is 5.91 Å². The molecule has 7 heteroatoms. The third kappa shape index (κ3) is 5.99. The number of hydrogen-bond donors (Lipinski definition) is 2. The molecule has 208 valence electrons. The molecule has 4 atom stereocenters. The Labute approximate surface area is 240 Å². The third-order valence-electron chi connectivity index (χ3n) is 7.58. The Morgan fingerprint density at radius 3 is 1.90 bits per heavy atom. The van der Waals surface area contributed by atoms with Gasteiger partial charge in [-0.05, 0) is 35.7 Å². The zero-order valence-electron chi connectivity index (χ0n) is 23.1. The topological polar surface area (TPSA) is 87.7 Å². The monoisotopic (exact) mass is 547 g/mol. The molecule has 1 aliphatic rings. The van der Waals surface area contributed by atoms with Gasteiger partial charge in [0.05, 0.1) is 19.1 Å². The fraction of sp³-hybridized carbons (Fsp3) is 0.206. The third-order valence-corrected chi connectivity index (χ3v) is 7.58. The Hall–Kier alpha value is -4.91. The zero-order chi connectivity index (χ0) is 28.8. The summed E-state index contributed by atoms with van der Waals surface area (Å²) in [7, 11) is 1.34. The Bertz CT molecular complexity index is 1480. The van der Waals surface area contributed by atoms with Gasteiger partial charge in [-0.15, -0.1) is 0 Å². The highest BCUT2D eigenvalue weighted by atomic mass is 16.5. The van der Waals surface area contributed by atoms with E-state index < -0.39 is 35.9 Å². The lowest BCUT2D eigenvalue weighted by molar-refractivity contribution is -0.146. The average molecular weight is 548 g/mol. The molecule has 0 aliphatic carbocycles. The van der Waals surface area contributed by atoms with Crippen molar-refractivity contribution >= 4 is 23.6 Å². The number of ether oxygens (including phenoxy) is 1. The zero-order valence-corrected chi connectivity index (χ0v) is 23.1. The molecule has 0 spiro atoms. The van der Waals surface area contributed by atoms with E-state index in [0.29, 0.717) is 5.69 Å². The van der Waals surface area contributed by atoms with Gasteiger partial charge in [-0.25, -0.2) is 4.79 Å². The first-order valence-corrected chi connectivity index (χ1v) is 13.6. The van der Waals surface area contributed by atoms with E-state index >= 15 is 0 Å². The minimum absolute atomic E-state index is 0.282. The lowest BCUT2D eigenvalue weighted by Gasteiger charge is -2.31. The second-order valence-electron chi connectivity index (χ2n) is 10.2. The number of methoxy groups -OCH3 is 1. The predicted molar refractivity (Wildman–Crippen MR) is 158 cm³/mol. The van der Waals surface area contributed by atoms with Gasteiger partial charge in [0.25, 0.3) is 0 Å². The van der Waals surface area contributed by atoms with Crippen LogP contribution in [0.15, 0.2) is 115 Å². The molecule has 0 saturated carbocycles. The molecule has 7 nitrogen and oxygen atoms in total. The molecular weight excluding hydrogens is 514 g/mol. The predicted octanol–water partition coefficient (Wildman–Crippen LogP) is 5.84. The van der Waals surface area contributed by atoms with E-state index in [-0.39, 0.29) is 12.5 Å². The molecule has 0 bridgehead atoms. The quantitative estimate of drug-likeness (QED) is 0.285. The summed E-state index contributed by atoms with van der Waals surface area (Å²) in [5.74, 6) is -2.33. The van der Waals surface area contributed by atoms with Gasteiger partial charge in [0, 0.05) is 18.2 Å². The summed E-state index contributed by atoms with van der Waals surface area (Å²) in [5.41, 5.74) is 4.15. The fourth-order valence-corrected chi connectivity index (χ4v) is 5.66. The van der Waals surface area contributed by atoms with Crippen LogP contribution in [0.4, 0.5) is 10.5 Å². The highest BCUT2D eigenvalue weighted by molar-refractivity contribution is 5.97. The second kappa shape index (κ2) is 12.5. The van der Waals surface area contributed by atoms with Crippen molar-refractivity contribution in [2.45, 2.75) is 31.5 Å². The summed E-state index contributed by atoms with van der Waals surface area (Å²) >= 11 is 0. The van der Waals surface area contributed by atoms with Crippen molar-refractivity contribution in [3.63, 3.8) is 0 Å². The number of hydrogen-bond acceptors (Lipinski definition) is 4. The van der Waals surface area contributed by atoms with E-state index in [0.717, 1.165) is 22.3 Å². The van der Waals surface area contributed by atoms with Crippen molar-refractivity contribution in [3.05, 3.63) is 138 Å². The number of esters is 1. The molecular formula is C34H33N3O4. The van der Waals surface area contributed by atoms with E-state index in [1.165, 1.54) is 12.0 Å². The van der Waals surface area contributed by atoms with Crippen molar-refractivity contribution in [1.29, 1.82) is 0 Å². The van der Waals surface area contributed by atoms with E-state index in [1.807, 2.05) is 110 Å². The van der Waals surface area contributed by atoms with Crippen LogP contribution in [0.3, 0.4) is 0 Å². The van der Waals surface area contributed by atoms with Gasteiger partial charge >= 0.3 is 12.0 Å². The highest BCUT2D eigenvalue weighted by Crippen LogP contribution is 2.50. The number of nitrogens with zero attached hydrogens (tertiary/aromatic N) is 1. The molecule has 5 rings (SSSR count). The molecule has 0 aromatic heterocycles. The minimum atomic E-state index is -0.999. The molecule has 4 aromatic carbocycles. The van der Waals surface area contributed by atoms with E-state index in [4.69, 9.17) is 4.74 Å². The van der Waals surface area contributed by atoms with Gasteiger partial charge in [0.1, 0.15) is 6.04 Å². The second-order valence-corrected chi connectivity index (χ2v) is 10.2. The van der Waals surface area contributed by atoms with Gasteiger partial charge in [-0.2, -0.15) is 0 Å². The molecule has 4 aromatic rings. The number of rotatable bonds is 7. The fourth-order valence-electron chi connectivity index (χ4n) is 5.66. The van der Waals surface area contributed by atoms with Crippen LogP contribution in [0.5, 0.6) is 0 Å². The normalized spacial score (nSPS) is 19.8. The van der Waals surface area contributed by atoms with E-state index in [9.17, 15) is 14.4 Å². The van der Waals surface area contributed by atoms with Gasteiger partial charge in [-0.1, -0.05) is 109 Å². The Balaban J connectivity index is 1.62. The maximum absolute atomic E-state index is 14.2. The number of urea groups is 1. The lowest BCUT2D eigenvalue weighted by Crippen LogP contribution is -2.49. The van der Waals surface area contributed by atoms with Crippen LogP contribution in [0.25, 0.3) is 0 Å². The van der Waals surface area contributed by atoms with Crippen LogP contribution in [-0.2, 0) is 20.9 Å². The molecule has 4 unspecified atom stereocenters. The van der Waals surface area contributed by atoms with Crippen LogP contribution in [0, 0.1) is 12.8 Å². The van der Waals surface area contributed by atoms with Gasteiger partial charge in [-0.3, -0.25) is 9.59 Å². The van der Waals surface area contributed by atoms with Crippen molar-refractivity contribution in [2.24, 2.45) is 5.92 Å². The van der Waals surface area contributed by atoms with Gasteiger partial charge < -0.3 is 20.3 Å². The molecule has 0 radical (unpaired) electrons. The smallest absolute Gasteiger partial charge is 0.323 e. The Morgan fingerprint density at radius 2 is 1.32 bits per heavy atom. The van der Waals surface area contributed by atoms with Crippen molar-refractivity contribution in [2.75, 3.05) is 12.4 Å². The molecule has 41 heavy (non-hydrogen) atoms. The Morgan fingerprint density at radius 1 is 0.756 bits per heavy atom. The number of para-hydroxylation sites is 1. The maximum atomic E-state index is 14.2. The van der Waals surface area contributed by atoms with Crippen LogP contribution < -0.4 is 10.6 Å². The average Bonchev–Trinajstić information content (AvgIpc) is 3.38. The SMILES string of the molecule is COC(=O)C1C(c2ccccc2)C(C(=O)NCc2ccc(C)cc2)N(C(=O)Nc2ccccc2)C1c1ccccc1. The first kappa shape index (κ1) is 27.6. The largest absolute Gasteiger partial charge is 0.469 e. The molecule has 2 N–H and O–H groups in total. The summed E-state index contributed by atoms with van der Waals surface area (Å²) < 4.78 is 5.32. The number of likely N-dealkylation sites (tertiary alicyclic amines) is 1. The number of carbonyl (C=O) groups is 3. The summed E-state index contributed by atoms with van der Waals surface area (Å²) in [6.07, 6.45) is 0. The van der Waals surface area contributed by atoms with Crippen LogP contribution in [0.1, 0.15) is 34.2 Å². The highest BCUT2D eigenvalue weighted by Gasteiger charge is 2.58. The number of benzene rings is 4. The molecule has 1 heterocycles. The Kier molecular flexibility index (Phi) is 8.44. The van der Waals surface area contributed by atoms with Crippen molar-refractivity contribution < 1.29 is 19.1 Å². The van der Waals surface area contributed by atoms with Gasteiger partial charge in [0.15, 0.2) is 0 Å². The standard InChI is InChI=1S/C34H33N3O4/c1-23-18-20-24(21-19-23)22-35-32(38)31-28(25-12-6-3-7-13-25)29(33(39)41-2)30(26-14-8-4-9-15-26)37(31)34(40)36-27-16-10-5-11-17-27/h3-21,28-31H,22H2,1-2H3,(H,35,38)(H,36,40). The first-order chi connectivity index (χ1) is 20.0. The number of amides is 3. The first-order valence-electron chi connectivity index (χ1n) is 13.6. The maximum Gasteiger partial charge on any atom is 0.323 e. The molecule has 1 fully saturated rings. The summed E-state index contributed by atoms with van der Waals surface area (Å²) in [5, 5.41) is 6.00. The summed E-state index contributed by atoms with van der Waals surface area (Å²) in [4.78, 5) is 43.4. The van der Waals surface area contributed by atoms with E-state index in [2.05, 4.69) is 10.6 Å². The van der Waals surface area contributed by atoms with Crippen LogP contribution >= 0.6 is 0 Å². The van der Waals surface area contributed by atoms with E-state index in [1.54, 1.807) is 12.1 Å². The number of carbonyl (C=O) groups excluding carboxylic acids is 3.